The Hall–Kier alpha value is -3.57. The highest BCUT2D eigenvalue weighted by Crippen LogP contribution is 2.30. The van der Waals surface area contributed by atoms with E-state index in [9.17, 15) is 18.3 Å². The average molecular weight is 457 g/mol. The van der Waals surface area contributed by atoms with Crippen molar-refractivity contribution in [3.8, 4) is 11.5 Å². The molecular weight excluding hydrogens is 435 g/mol. The van der Waals surface area contributed by atoms with Gasteiger partial charge in [-0.05, 0) is 37.6 Å². The zero-order chi connectivity index (χ0) is 23.6. The molecule has 172 valence electrons. The maximum atomic E-state index is 14.3. The molecule has 8 nitrogen and oxygen atoms in total. The summed E-state index contributed by atoms with van der Waals surface area (Å²) in [6.07, 6.45) is 1.48. The highest BCUT2D eigenvalue weighted by molar-refractivity contribution is 5.93. The molecule has 4 aromatic rings. The Morgan fingerprint density at radius 1 is 1.15 bits per heavy atom. The molecule has 0 bridgehead atoms. The monoisotopic (exact) mass is 457 g/mol. The van der Waals surface area contributed by atoms with Crippen molar-refractivity contribution in [2.24, 2.45) is 0 Å². The fraction of sp³-hybridized carbons (Fsp3) is 0.273. The van der Waals surface area contributed by atoms with Gasteiger partial charge in [0.25, 0.3) is 6.43 Å². The van der Waals surface area contributed by atoms with Gasteiger partial charge in [0.15, 0.2) is 11.6 Å². The van der Waals surface area contributed by atoms with Gasteiger partial charge in [-0.2, -0.15) is 0 Å². The summed E-state index contributed by atoms with van der Waals surface area (Å²) >= 11 is 0. The Balaban J connectivity index is 1.79. The SMILES string of the molecule is CC(C)(O)CNCc1c[nH]c2nc(-c3cccc(C(F)F)n3)nc(Nc3ccncc3F)c12. The number of aromatic nitrogens is 5. The van der Waals surface area contributed by atoms with Gasteiger partial charge in [0.05, 0.1) is 22.9 Å². The number of alkyl halides is 2. The maximum absolute atomic E-state index is 14.3. The lowest BCUT2D eigenvalue weighted by atomic mass is 10.1. The summed E-state index contributed by atoms with van der Waals surface area (Å²) in [7, 11) is 0. The number of aliphatic hydroxyl groups is 1. The lowest BCUT2D eigenvalue weighted by Crippen LogP contribution is -2.34. The van der Waals surface area contributed by atoms with Crippen LogP contribution in [-0.2, 0) is 6.54 Å². The number of hydrogen-bond donors (Lipinski definition) is 4. The van der Waals surface area contributed by atoms with Crippen molar-refractivity contribution in [3.63, 3.8) is 0 Å². The number of nitrogens with zero attached hydrogens (tertiary/aromatic N) is 4. The van der Waals surface area contributed by atoms with Crippen molar-refractivity contribution in [2.75, 3.05) is 11.9 Å². The van der Waals surface area contributed by atoms with Crippen LogP contribution in [0.15, 0.2) is 42.9 Å². The Labute approximate surface area is 187 Å². The number of halogens is 3. The maximum Gasteiger partial charge on any atom is 0.280 e. The molecule has 0 saturated heterocycles. The second kappa shape index (κ2) is 9.12. The Morgan fingerprint density at radius 2 is 1.97 bits per heavy atom. The smallest absolute Gasteiger partial charge is 0.280 e. The third-order valence-corrected chi connectivity index (χ3v) is 4.74. The van der Waals surface area contributed by atoms with Crippen LogP contribution in [0.3, 0.4) is 0 Å². The van der Waals surface area contributed by atoms with Gasteiger partial charge in [-0.1, -0.05) is 6.07 Å². The van der Waals surface area contributed by atoms with E-state index in [1.165, 1.54) is 30.5 Å². The van der Waals surface area contributed by atoms with Crippen LogP contribution in [0, 0.1) is 5.82 Å². The number of H-pyrrole nitrogens is 1. The molecule has 4 heterocycles. The number of fused-ring (bicyclic) bond motifs is 1. The third kappa shape index (κ3) is 5.26. The quantitative estimate of drug-likeness (QED) is 0.315. The largest absolute Gasteiger partial charge is 0.389 e. The van der Waals surface area contributed by atoms with Crippen molar-refractivity contribution < 1.29 is 18.3 Å². The molecule has 0 spiro atoms. The summed E-state index contributed by atoms with van der Waals surface area (Å²) in [5, 5.41) is 16.6. The summed E-state index contributed by atoms with van der Waals surface area (Å²) < 4.78 is 40.6. The lowest BCUT2D eigenvalue weighted by molar-refractivity contribution is 0.0795. The molecule has 0 atom stereocenters. The van der Waals surface area contributed by atoms with Crippen LogP contribution in [0.4, 0.5) is 24.7 Å². The van der Waals surface area contributed by atoms with Gasteiger partial charge in [0.1, 0.15) is 22.9 Å². The zero-order valence-corrected chi connectivity index (χ0v) is 17.9. The Bertz CT molecular complexity index is 1270. The first-order chi connectivity index (χ1) is 15.7. The van der Waals surface area contributed by atoms with E-state index in [2.05, 4.69) is 35.6 Å². The summed E-state index contributed by atoms with van der Waals surface area (Å²) in [6, 6.07) is 5.66. The number of anilines is 2. The summed E-state index contributed by atoms with van der Waals surface area (Å²) in [5.74, 6) is -0.216. The van der Waals surface area contributed by atoms with E-state index >= 15 is 0 Å². The molecule has 0 saturated carbocycles. The molecule has 0 aliphatic rings. The number of rotatable bonds is 8. The molecule has 0 aromatic carbocycles. The molecule has 0 unspecified atom stereocenters. The van der Waals surface area contributed by atoms with E-state index in [4.69, 9.17) is 0 Å². The molecule has 11 heteroatoms. The fourth-order valence-corrected chi connectivity index (χ4v) is 3.25. The van der Waals surface area contributed by atoms with Gasteiger partial charge < -0.3 is 20.7 Å². The van der Waals surface area contributed by atoms with Crippen LogP contribution in [0.2, 0.25) is 0 Å². The molecule has 0 aliphatic carbocycles. The fourth-order valence-electron chi connectivity index (χ4n) is 3.25. The van der Waals surface area contributed by atoms with Gasteiger partial charge >= 0.3 is 0 Å². The third-order valence-electron chi connectivity index (χ3n) is 4.74. The van der Waals surface area contributed by atoms with E-state index in [1.54, 1.807) is 20.0 Å². The summed E-state index contributed by atoms with van der Waals surface area (Å²) in [5.41, 5.74) is 0.187. The molecule has 4 N–H and O–H groups in total. The predicted octanol–water partition coefficient (Wildman–Crippen LogP) is 4.10. The molecule has 0 radical (unpaired) electrons. The first-order valence-corrected chi connectivity index (χ1v) is 10.1. The van der Waals surface area contributed by atoms with Gasteiger partial charge in [0, 0.05) is 25.5 Å². The van der Waals surface area contributed by atoms with Crippen molar-refractivity contribution >= 4 is 22.5 Å². The molecule has 4 rings (SSSR count). The normalized spacial score (nSPS) is 12.0. The highest BCUT2D eigenvalue weighted by Gasteiger charge is 2.19. The van der Waals surface area contributed by atoms with E-state index in [-0.39, 0.29) is 23.0 Å². The summed E-state index contributed by atoms with van der Waals surface area (Å²) in [6.45, 7) is 4.08. The van der Waals surface area contributed by atoms with Gasteiger partial charge in [0.2, 0.25) is 0 Å². The van der Waals surface area contributed by atoms with Crippen molar-refractivity contribution in [1.29, 1.82) is 0 Å². The second-order valence-electron chi connectivity index (χ2n) is 8.08. The van der Waals surface area contributed by atoms with Gasteiger partial charge in [-0.15, -0.1) is 0 Å². The molecular formula is C22H22F3N7O. The van der Waals surface area contributed by atoms with Crippen molar-refractivity contribution in [1.82, 2.24) is 30.2 Å². The van der Waals surface area contributed by atoms with E-state index in [0.29, 0.717) is 24.1 Å². The van der Waals surface area contributed by atoms with Gasteiger partial charge in [-0.25, -0.2) is 28.1 Å². The number of hydrogen-bond acceptors (Lipinski definition) is 7. The van der Waals surface area contributed by atoms with E-state index < -0.39 is 23.5 Å². The molecule has 33 heavy (non-hydrogen) atoms. The first-order valence-electron chi connectivity index (χ1n) is 10.1. The topological polar surface area (TPSA) is 112 Å². The van der Waals surface area contributed by atoms with Crippen LogP contribution in [0.1, 0.15) is 31.5 Å². The number of pyridine rings is 2. The van der Waals surface area contributed by atoms with E-state index in [0.717, 1.165) is 11.8 Å². The predicted molar refractivity (Wildman–Crippen MR) is 118 cm³/mol. The highest BCUT2D eigenvalue weighted by atomic mass is 19.3. The number of nitrogens with one attached hydrogen (secondary N) is 3. The zero-order valence-electron chi connectivity index (χ0n) is 17.9. The summed E-state index contributed by atoms with van der Waals surface area (Å²) in [4.78, 5) is 19.7. The molecule has 4 aromatic heterocycles. The van der Waals surface area contributed by atoms with Crippen molar-refractivity contribution in [2.45, 2.75) is 32.4 Å². The minimum absolute atomic E-state index is 0.0971. The Kier molecular flexibility index (Phi) is 6.25. The lowest BCUT2D eigenvalue weighted by Gasteiger charge is -2.17. The average Bonchev–Trinajstić information content (AvgIpc) is 3.18. The first kappa shape index (κ1) is 22.6. The van der Waals surface area contributed by atoms with Crippen LogP contribution in [-0.4, -0.2) is 42.2 Å². The van der Waals surface area contributed by atoms with Gasteiger partial charge in [-0.3, -0.25) is 4.98 Å². The molecule has 0 amide bonds. The standard InChI is InChI=1S/C22H22F3N7O/c1-22(2,33)11-27-8-12-9-28-20-17(12)21(30-14-6-7-26-10-13(14)23)32-19(31-20)16-5-3-4-15(29-16)18(24)25/h3-7,9-10,18,27,33H,8,11H2,1-2H3,(H2,26,28,30,31,32). The second-order valence-corrected chi connectivity index (χ2v) is 8.08. The minimum atomic E-state index is -2.74. The molecule has 0 aliphatic heterocycles. The number of aromatic amines is 1. The molecule has 0 fully saturated rings. The minimum Gasteiger partial charge on any atom is -0.389 e. The van der Waals surface area contributed by atoms with E-state index in [1.807, 2.05) is 0 Å². The van der Waals surface area contributed by atoms with Crippen LogP contribution >= 0.6 is 0 Å². The van der Waals surface area contributed by atoms with Crippen molar-refractivity contribution in [3.05, 3.63) is 59.9 Å². The van der Waals surface area contributed by atoms with Crippen LogP contribution in [0.25, 0.3) is 22.6 Å². The van der Waals surface area contributed by atoms with Crippen LogP contribution in [0.5, 0.6) is 0 Å². The van der Waals surface area contributed by atoms with Crippen LogP contribution < -0.4 is 10.6 Å². The Morgan fingerprint density at radius 3 is 2.70 bits per heavy atom.